The molecule has 0 spiro atoms. The molecule has 1 aromatic carbocycles. The van der Waals surface area contributed by atoms with E-state index in [1.165, 1.54) is 6.92 Å². The van der Waals surface area contributed by atoms with E-state index < -0.39 is 0 Å². The normalized spacial score (nSPS) is 10.0. The van der Waals surface area contributed by atoms with Gasteiger partial charge in [-0.25, -0.2) is 0 Å². The van der Waals surface area contributed by atoms with Crippen LogP contribution in [0.1, 0.15) is 19.8 Å². The molecule has 2 amide bonds. The number of carbonyl (C=O) groups is 2. The van der Waals surface area contributed by atoms with Crippen molar-refractivity contribution >= 4 is 35.0 Å². The highest BCUT2D eigenvalue weighted by atomic mass is 35.5. The number of unbranched alkanes of at least 4 members (excludes halogenated alkanes) is 1. The van der Waals surface area contributed by atoms with E-state index in [9.17, 15) is 9.59 Å². The molecule has 0 heterocycles. The number of hydrogen-bond acceptors (Lipinski definition) is 3. The van der Waals surface area contributed by atoms with E-state index in [4.69, 9.17) is 27.9 Å². The Kier molecular flexibility index (Phi) is 7.93. The molecule has 7 heteroatoms. The molecule has 0 fully saturated rings. The van der Waals surface area contributed by atoms with Crippen LogP contribution < -0.4 is 15.4 Å². The van der Waals surface area contributed by atoms with Crippen molar-refractivity contribution in [1.29, 1.82) is 0 Å². The van der Waals surface area contributed by atoms with Crippen molar-refractivity contribution in [3.8, 4) is 5.75 Å². The Labute approximate surface area is 133 Å². The van der Waals surface area contributed by atoms with Crippen LogP contribution in [0.2, 0.25) is 10.0 Å². The van der Waals surface area contributed by atoms with Crippen molar-refractivity contribution in [3.05, 3.63) is 28.2 Å². The van der Waals surface area contributed by atoms with E-state index in [2.05, 4.69) is 10.6 Å². The van der Waals surface area contributed by atoms with Gasteiger partial charge < -0.3 is 15.4 Å². The highest BCUT2D eigenvalue weighted by Crippen LogP contribution is 2.27. The van der Waals surface area contributed by atoms with E-state index in [0.717, 1.165) is 12.8 Å². The summed E-state index contributed by atoms with van der Waals surface area (Å²) in [5.41, 5.74) is 0. The summed E-state index contributed by atoms with van der Waals surface area (Å²) in [5, 5.41) is 6.31. The van der Waals surface area contributed by atoms with E-state index in [1.54, 1.807) is 18.2 Å². The lowest BCUT2D eigenvalue weighted by Gasteiger charge is -2.09. The second-order valence-electron chi connectivity index (χ2n) is 4.40. The molecule has 0 aromatic heterocycles. The van der Waals surface area contributed by atoms with Crippen molar-refractivity contribution in [1.82, 2.24) is 10.6 Å². The van der Waals surface area contributed by atoms with Crippen LogP contribution >= 0.6 is 23.2 Å². The summed E-state index contributed by atoms with van der Waals surface area (Å²) in [6.45, 7) is 2.50. The number of nitrogens with one attached hydrogen (secondary N) is 2. The predicted molar refractivity (Wildman–Crippen MR) is 82.9 cm³/mol. The molecule has 0 atom stereocenters. The SMILES string of the molecule is CC(=O)NCCCCNC(=O)COc1cc(Cl)ccc1Cl. The first-order chi connectivity index (χ1) is 9.99. The largest absolute Gasteiger partial charge is 0.482 e. The van der Waals surface area contributed by atoms with Crippen LogP contribution in [0.15, 0.2) is 18.2 Å². The average molecular weight is 333 g/mol. The minimum atomic E-state index is -0.231. The monoisotopic (exact) mass is 332 g/mol. The van der Waals surface area contributed by atoms with Gasteiger partial charge in [-0.2, -0.15) is 0 Å². The van der Waals surface area contributed by atoms with Crippen LogP contribution in [-0.4, -0.2) is 31.5 Å². The zero-order valence-electron chi connectivity index (χ0n) is 11.7. The molecule has 0 aliphatic heterocycles. The van der Waals surface area contributed by atoms with Crippen LogP contribution in [0.5, 0.6) is 5.75 Å². The third kappa shape index (κ3) is 7.78. The average Bonchev–Trinajstić information content (AvgIpc) is 2.43. The Bertz CT molecular complexity index is 495. The van der Waals surface area contributed by atoms with Gasteiger partial charge in [-0.15, -0.1) is 0 Å². The lowest BCUT2D eigenvalue weighted by atomic mass is 10.3. The first-order valence-corrected chi connectivity index (χ1v) is 7.33. The second kappa shape index (κ2) is 9.47. The van der Waals surface area contributed by atoms with Crippen molar-refractivity contribution < 1.29 is 14.3 Å². The Morgan fingerprint density at radius 3 is 2.48 bits per heavy atom. The van der Waals surface area contributed by atoms with Gasteiger partial charge in [0.05, 0.1) is 5.02 Å². The Morgan fingerprint density at radius 2 is 1.81 bits per heavy atom. The fourth-order valence-corrected chi connectivity index (χ4v) is 1.86. The molecule has 1 aromatic rings. The minimum Gasteiger partial charge on any atom is -0.482 e. The quantitative estimate of drug-likeness (QED) is 0.718. The highest BCUT2D eigenvalue weighted by Gasteiger charge is 2.06. The third-order valence-electron chi connectivity index (χ3n) is 2.55. The van der Waals surface area contributed by atoms with Gasteiger partial charge in [-0.05, 0) is 25.0 Å². The summed E-state index contributed by atoms with van der Waals surface area (Å²) >= 11 is 11.7. The van der Waals surface area contributed by atoms with Crippen LogP contribution in [0.25, 0.3) is 0 Å². The fraction of sp³-hybridized carbons (Fsp3) is 0.429. The minimum absolute atomic E-state index is 0.0502. The lowest BCUT2D eigenvalue weighted by Crippen LogP contribution is -2.30. The number of hydrogen-bond donors (Lipinski definition) is 2. The second-order valence-corrected chi connectivity index (χ2v) is 5.25. The molecule has 0 bridgehead atoms. The summed E-state index contributed by atoms with van der Waals surface area (Å²) in [6, 6.07) is 4.82. The highest BCUT2D eigenvalue weighted by molar-refractivity contribution is 6.34. The number of ether oxygens (including phenoxy) is 1. The van der Waals surface area contributed by atoms with Crippen LogP contribution in [0.4, 0.5) is 0 Å². The van der Waals surface area contributed by atoms with E-state index in [0.29, 0.717) is 28.9 Å². The molecule has 0 unspecified atom stereocenters. The van der Waals surface area contributed by atoms with E-state index in [1.807, 2.05) is 0 Å². The van der Waals surface area contributed by atoms with Crippen LogP contribution in [0.3, 0.4) is 0 Å². The maximum Gasteiger partial charge on any atom is 0.257 e. The summed E-state index contributed by atoms with van der Waals surface area (Å²) in [7, 11) is 0. The van der Waals surface area contributed by atoms with Crippen molar-refractivity contribution in [2.75, 3.05) is 19.7 Å². The van der Waals surface area contributed by atoms with Crippen LogP contribution in [-0.2, 0) is 9.59 Å². The molecule has 21 heavy (non-hydrogen) atoms. The Hall–Kier alpha value is -1.46. The molecule has 0 saturated carbocycles. The lowest BCUT2D eigenvalue weighted by molar-refractivity contribution is -0.123. The van der Waals surface area contributed by atoms with Crippen molar-refractivity contribution in [2.45, 2.75) is 19.8 Å². The van der Waals surface area contributed by atoms with E-state index in [-0.39, 0.29) is 18.4 Å². The third-order valence-corrected chi connectivity index (χ3v) is 3.10. The van der Waals surface area contributed by atoms with Gasteiger partial charge in [0.2, 0.25) is 5.91 Å². The van der Waals surface area contributed by atoms with Gasteiger partial charge in [0.25, 0.3) is 5.91 Å². The fourth-order valence-electron chi connectivity index (χ4n) is 1.52. The van der Waals surface area contributed by atoms with Gasteiger partial charge in [-0.3, -0.25) is 9.59 Å². The number of halogens is 2. The Morgan fingerprint density at radius 1 is 1.14 bits per heavy atom. The molecule has 2 N–H and O–H groups in total. The van der Waals surface area contributed by atoms with Crippen molar-refractivity contribution in [2.24, 2.45) is 0 Å². The standard InChI is InChI=1S/C14H18Cl2N2O3/c1-10(19)17-6-2-3-7-18-14(20)9-21-13-8-11(15)4-5-12(13)16/h4-5,8H,2-3,6-7,9H2,1H3,(H,17,19)(H,18,20). The summed E-state index contributed by atoms with van der Waals surface area (Å²) < 4.78 is 5.30. The molecular formula is C14H18Cl2N2O3. The van der Waals surface area contributed by atoms with Gasteiger partial charge in [0.15, 0.2) is 6.61 Å². The molecule has 5 nitrogen and oxygen atoms in total. The molecule has 0 aliphatic rings. The number of rotatable bonds is 8. The molecular weight excluding hydrogens is 315 g/mol. The topological polar surface area (TPSA) is 67.4 Å². The molecule has 0 saturated heterocycles. The van der Waals surface area contributed by atoms with Crippen molar-refractivity contribution in [3.63, 3.8) is 0 Å². The number of benzene rings is 1. The maximum atomic E-state index is 11.6. The first-order valence-electron chi connectivity index (χ1n) is 6.58. The van der Waals surface area contributed by atoms with Gasteiger partial charge in [0, 0.05) is 31.1 Å². The smallest absolute Gasteiger partial charge is 0.257 e. The molecule has 116 valence electrons. The number of amides is 2. The van der Waals surface area contributed by atoms with Gasteiger partial charge in [0.1, 0.15) is 5.75 Å². The molecule has 1 rings (SSSR count). The predicted octanol–water partition coefficient (Wildman–Crippen LogP) is 2.40. The number of carbonyl (C=O) groups excluding carboxylic acids is 2. The first kappa shape index (κ1) is 17.6. The summed E-state index contributed by atoms with van der Waals surface area (Å²) in [4.78, 5) is 22.2. The molecule has 0 radical (unpaired) electrons. The summed E-state index contributed by atoms with van der Waals surface area (Å²) in [6.07, 6.45) is 1.59. The zero-order valence-corrected chi connectivity index (χ0v) is 13.3. The van der Waals surface area contributed by atoms with Gasteiger partial charge >= 0.3 is 0 Å². The maximum absolute atomic E-state index is 11.6. The van der Waals surface area contributed by atoms with Crippen LogP contribution in [0, 0.1) is 0 Å². The molecule has 0 aliphatic carbocycles. The van der Waals surface area contributed by atoms with Gasteiger partial charge in [-0.1, -0.05) is 23.2 Å². The summed E-state index contributed by atoms with van der Waals surface area (Å²) in [5.74, 6) is 0.0985. The Balaban J connectivity index is 2.16. The zero-order chi connectivity index (χ0) is 15.7. The van der Waals surface area contributed by atoms with E-state index >= 15 is 0 Å².